The summed E-state index contributed by atoms with van der Waals surface area (Å²) in [4.78, 5) is 14.7. The zero-order valence-electron chi connectivity index (χ0n) is 13.0. The Bertz CT molecular complexity index is 636. The Morgan fingerprint density at radius 2 is 1.70 bits per heavy atom. The van der Waals surface area contributed by atoms with Gasteiger partial charge >= 0.3 is 6.03 Å². The van der Waals surface area contributed by atoms with E-state index in [9.17, 15) is 4.79 Å². The van der Waals surface area contributed by atoms with Gasteiger partial charge in [-0.3, -0.25) is 4.90 Å². The number of nitrogens with one attached hydrogen (secondary N) is 1. The lowest BCUT2D eigenvalue weighted by Gasteiger charge is -2.29. The summed E-state index contributed by atoms with van der Waals surface area (Å²) >= 11 is 5.90. The van der Waals surface area contributed by atoms with Gasteiger partial charge in [0.2, 0.25) is 0 Å². The Labute approximate surface area is 142 Å². The van der Waals surface area contributed by atoms with Crippen LogP contribution in [0.3, 0.4) is 0 Å². The monoisotopic (exact) mass is 328 g/mol. The highest BCUT2D eigenvalue weighted by atomic mass is 35.5. The first kappa shape index (κ1) is 15.9. The minimum Gasteiger partial charge on any atom is -0.334 e. The van der Waals surface area contributed by atoms with E-state index in [2.05, 4.69) is 5.32 Å². The predicted octanol–water partition coefficient (Wildman–Crippen LogP) is 5.00. The first-order valence-corrected chi connectivity index (χ1v) is 8.48. The molecular weight excluding hydrogens is 308 g/mol. The van der Waals surface area contributed by atoms with Crippen molar-refractivity contribution in [1.29, 1.82) is 0 Å². The van der Waals surface area contributed by atoms with E-state index >= 15 is 0 Å². The van der Waals surface area contributed by atoms with Crippen molar-refractivity contribution < 1.29 is 4.79 Å². The number of carbonyl (C=O) groups is 1. The normalized spacial score (nSPS) is 14.7. The average Bonchev–Trinajstić information content (AvgIpc) is 3.10. The number of para-hydroxylation sites is 1. The van der Waals surface area contributed by atoms with Crippen molar-refractivity contribution in [3.8, 4) is 0 Å². The third-order valence-electron chi connectivity index (χ3n) is 4.30. The molecular formula is C19H21ClN2O. The van der Waals surface area contributed by atoms with Crippen molar-refractivity contribution in [3.05, 3.63) is 65.2 Å². The molecule has 0 radical (unpaired) electrons. The Kier molecular flexibility index (Phi) is 5.19. The van der Waals surface area contributed by atoms with Gasteiger partial charge in [-0.2, -0.15) is 0 Å². The number of amides is 2. The zero-order valence-corrected chi connectivity index (χ0v) is 13.8. The molecule has 2 aromatic rings. The summed E-state index contributed by atoms with van der Waals surface area (Å²) in [5, 5.41) is 3.74. The van der Waals surface area contributed by atoms with Crippen molar-refractivity contribution in [2.24, 2.45) is 0 Å². The van der Waals surface area contributed by atoms with Gasteiger partial charge in [-0.05, 0) is 42.7 Å². The van der Waals surface area contributed by atoms with Crippen LogP contribution in [0, 0.1) is 0 Å². The van der Waals surface area contributed by atoms with Crippen molar-refractivity contribution in [2.45, 2.75) is 38.3 Å². The fourth-order valence-electron chi connectivity index (χ4n) is 3.11. The maximum atomic E-state index is 12.8. The molecule has 3 nitrogen and oxygen atoms in total. The van der Waals surface area contributed by atoms with E-state index in [-0.39, 0.29) is 6.03 Å². The van der Waals surface area contributed by atoms with Crippen molar-refractivity contribution in [1.82, 2.24) is 5.32 Å². The van der Waals surface area contributed by atoms with Gasteiger partial charge < -0.3 is 5.32 Å². The number of hydrogen-bond acceptors (Lipinski definition) is 1. The highest BCUT2D eigenvalue weighted by Crippen LogP contribution is 2.28. The van der Waals surface area contributed by atoms with Crippen LogP contribution in [0.4, 0.5) is 10.5 Å². The van der Waals surface area contributed by atoms with Crippen LogP contribution in [0.2, 0.25) is 5.02 Å². The van der Waals surface area contributed by atoms with E-state index in [0.29, 0.717) is 17.6 Å². The highest BCUT2D eigenvalue weighted by Gasteiger charge is 2.27. The second-order valence-corrected chi connectivity index (χ2v) is 6.37. The van der Waals surface area contributed by atoms with E-state index in [1.165, 1.54) is 12.8 Å². The van der Waals surface area contributed by atoms with Gasteiger partial charge in [-0.25, -0.2) is 4.79 Å². The van der Waals surface area contributed by atoms with Crippen LogP contribution in [0.1, 0.15) is 31.2 Å². The molecule has 1 aliphatic carbocycles. The first-order chi connectivity index (χ1) is 11.2. The molecule has 1 N–H and O–H groups in total. The molecule has 1 saturated carbocycles. The number of rotatable bonds is 4. The topological polar surface area (TPSA) is 32.3 Å². The molecule has 2 aromatic carbocycles. The third-order valence-corrected chi connectivity index (χ3v) is 4.55. The molecule has 2 amide bonds. The highest BCUT2D eigenvalue weighted by molar-refractivity contribution is 6.30. The molecule has 0 aliphatic heterocycles. The van der Waals surface area contributed by atoms with E-state index in [1.54, 1.807) is 0 Å². The quantitative estimate of drug-likeness (QED) is 0.841. The van der Waals surface area contributed by atoms with Crippen LogP contribution in [-0.2, 0) is 6.54 Å². The number of anilines is 1. The fraction of sp³-hybridized carbons (Fsp3) is 0.316. The lowest BCUT2D eigenvalue weighted by atomic mass is 10.2. The molecule has 0 heterocycles. The van der Waals surface area contributed by atoms with E-state index in [0.717, 1.165) is 24.1 Å². The van der Waals surface area contributed by atoms with Crippen molar-refractivity contribution in [3.63, 3.8) is 0 Å². The molecule has 23 heavy (non-hydrogen) atoms. The summed E-state index contributed by atoms with van der Waals surface area (Å²) in [6.45, 7) is 0.506. The summed E-state index contributed by atoms with van der Waals surface area (Å²) in [5.41, 5.74) is 2.01. The SMILES string of the molecule is O=C(NCc1ccc(Cl)cc1)N(c1ccccc1)C1CCCC1. The van der Waals surface area contributed by atoms with Gasteiger partial charge in [0.15, 0.2) is 0 Å². The minimum atomic E-state index is -0.0296. The lowest BCUT2D eigenvalue weighted by Crippen LogP contribution is -2.45. The molecule has 0 spiro atoms. The van der Waals surface area contributed by atoms with Crippen molar-refractivity contribution in [2.75, 3.05) is 4.90 Å². The number of benzene rings is 2. The molecule has 3 rings (SSSR count). The number of hydrogen-bond donors (Lipinski definition) is 1. The Morgan fingerprint density at radius 3 is 2.35 bits per heavy atom. The van der Waals surface area contributed by atoms with E-state index in [4.69, 9.17) is 11.6 Å². The standard InChI is InChI=1S/C19H21ClN2O/c20-16-12-10-15(11-13-16)14-21-19(23)22(18-8-4-5-9-18)17-6-2-1-3-7-17/h1-3,6-7,10-13,18H,4-5,8-9,14H2,(H,21,23). The van der Waals surface area contributed by atoms with Gasteiger partial charge in [0, 0.05) is 23.3 Å². The zero-order chi connectivity index (χ0) is 16.1. The minimum absolute atomic E-state index is 0.0296. The number of urea groups is 1. The summed E-state index contributed by atoms with van der Waals surface area (Å²) < 4.78 is 0. The maximum Gasteiger partial charge on any atom is 0.322 e. The van der Waals surface area contributed by atoms with Gasteiger partial charge in [-0.15, -0.1) is 0 Å². The summed E-state index contributed by atoms with van der Waals surface area (Å²) in [5.74, 6) is 0. The Balaban J connectivity index is 1.71. The van der Waals surface area contributed by atoms with Crippen LogP contribution in [0.25, 0.3) is 0 Å². The van der Waals surface area contributed by atoms with Crippen LogP contribution in [0.15, 0.2) is 54.6 Å². The van der Waals surface area contributed by atoms with Crippen LogP contribution in [-0.4, -0.2) is 12.1 Å². The molecule has 4 heteroatoms. The average molecular weight is 329 g/mol. The maximum absolute atomic E-state index is 12.8. The molecule has 0 atom stereocenters. The van der Waals surface area contributed by atoms with E-state index < -0.39 is 0 Å². The molecule has 0 bridgehead atoms. The lowest BCUT2D eigenvalue weighted by molar-refractivity contribution is 0.243. The second-order valence-electron chi connectivity index (χ2n) is 5.93. The summed E-state index contributed by atoms with van der Waals surface area (Å²) in [6.07, 6.45) is 4.53. The Morgan fingerprint density at radius 1 is 1.04 bits per heavy atom. The van der Waals surface area contributed by atoms with Crippen LogP contribution in [0.5, 0.6) is 0 Å². The number of halogens is 1. The van der Waals surface area contributed by atoms with Crippen molar-refractivity contribution >= 4 is 23.3 Å². The van der Waals surface area contributed by atoms with E-state index in [1.807, 2.05) is 59.5 Å². The molecule has 0 aromatic heterocycles. The number of carbonyl (C=O) groups excluding carboxylic acids is 1. The summed E-state index contributed by atoms with van der Waals surface area (Å²) in [7, 11) is 0. The Hall–Kier alpha value is -2.00. The molecule has 0 saturated heterocycles. The fourth-order valence-corrected chi connectivity index (χ4v) is 3.24. The predicted molar refractivity (Wildman–Crippen MR) is 94.9 cm³/mol. The first-order valence-electron chi connectivity index (χ1n) is 8.10. The molecule has 1 fully saturated rings. The molecule has 120 valence electrons. The third kappa shape index (κ3) is 4.05. The largest absolute Gasteiger partial charge is 0.334 e. The molecule has 0 unspecified atom stereocenters. The van der Waals surface area contributed by atoms with Gasteiger partial charge in [-0.1, -0.05) is 54.8 Å². The smallest absolute Gasteiger partial charge is 0.322 e. The number of nitrogens with zero attached hydrogens (tertiary/aromatic N) is 1. The van der Waals surface area contributed by atoms with Crippen LogP contribution >= 0.6 is 11.6 Å². The van der Waals surface area contributed by atoms with Gasteiger partial charge in [0.25, 0.3) is 0 Å². The second kappa shape index (κ2) is 7.51. The van der Waals surface area contributed by atoms with Crippen LogP contribution < -0.4 is 10.2 Å². The molecule has 1 aliphatic rings. The van der Waals surface area contributed by atoms with Gasteiger partial charge in [0.05, 0.1) is 0 Å². The van der Waals surface area contributed by atoms with Gasteiger partial charge in [0.1, 0.15) is 0 Å². The summed E-state index contributed by atoms with van der Waals surface area (Å²) in [6, 6.07) is 17.7.